The van der Waals surface area contributed by atoms with E-state index in [9.17, 15) is 4.79 Å². The third-order valence-corrected chi connectivity index (χ3v) is 5.47. The van der Waals surface area contributed by atoms with E-state index >= 15 is 0 Å². The maximum atomic E-state index is 12.4. The molecule has 0 aliphatic carbocycles. The zero-order chi connectivity index (χ0) is 17.6. The second-order valence-corrected chi connectivity index (χ2v) is 7.75. The van der Waals surface area contributed by atoms with Crippen LogP contribution >= 0.6 is 11.8 Å². The van der Waals surface area contributed by atoms with Gasteiger partial charge in [0.1, 0.15) is 0 Å². The van der Waals surface area contributed by atoms with E-state index in [-0.39, 0.29) is 17.7 Å². The number of nitrogens with zero attached hydrogens (tertiary/aromatic N) is 3. The largest absolute Gasteiger partial charge is 0.425 e. The highest BCUT2D eigenvalue weighted by Gasteiger charge is 2.27. The number of aromatic nitrogens is 2. The summed E-state index contributed by atoms with van der Waals surface area (Å²) in [6.45, 7) is 5.64. The van der Waals surface area contributed by atoms with Gasteiger partial charge in [0, 0.05) is 30.7 Å². The molecule has 2 aromatic rings. The number of benzene rings is 1. The monoisotopic (exact) mass is 359 g/mol. The molecule has 0 saturated carbocycles. The van der Waals surface area contributed by atoms with E-state index in [1.165, 1.54) is 5.56 Å². The lowest BCUT2D eigenvalue weighted by molar-refractivity contribution is -0.129. The molecule has 6 heteroatoms. The fraction of sp³-hybridized carbons (Fsp3) is 0.526. The van der Waals surface area contributed by atoms with Crippen LogP contribution in [-0.4, -0.2) is 39.8 Å². The molecule has 0 spiro atoms. The Hall–Kier alpha value is -1.82. The molecule has 25 heavy (non-hydrogen) atoms. The number of carbonyl (C=O) groups excluding carboxylic acids is 1. The Bertz CT molecular complexity index is 679. The van der Waals surface area contributed by atoms with Gasteiger partial charge in [-0.1, -0.05) is 44.2 Å². The van der Waals surface area contributed by atoms with Crippen molar-refractivity contribution in [3.05, 3.63) is 47.7 Å². The van der Waals surface area contributed by atoms with E-state index in [2.05, 4.69) is 22.3 Å². The minimum absolute atomic E-state index is 0.229. The first-order valence-corrected chi connectivity index (χ1v) is 10.0. The summed E-state index contributed by atoms with van der Waals surface area (Å²) >= 11 is 1.68. The van der Waals surface area contributed by atoms with Crippen molar-refractivity contribution in [1.82, 2.24) is 15.1 Å². The second kappa shape index (κ2) is 8.52. The van der Waals surface area contributed by atoms with Crippen molar-refractivity contribution in [1.29, 1.82) is 0 Å². The van der Waals surface area contributed by atoms with Crippen LogP contribution in [0.15, 0.2) is 34.7 Å². The highest BCUT2D eigenvalue weighted by Crippen LogP contribution is 2.28. The molecule has 1 amide bonds. The van der Waals surface area contributed by atoms with E-state index in [1.807, 2.05) is 36.9 Å². The van der Waals surface area contributed by atoms with Crippen molar-refractivity contribution in [2.75, 3.05) is 18.8 Å². The van der Waals surface area contributed by atoms with Gasteiger partial charge in [0.05, 0.1) is 5.75 Å². The Kier molecular flexibility index (Phi) is 6.13. The van der Waals surface area contributed by atoms with Crippen LogP contribution in [0.1, 0.15) is 55.9 Å². The standard InChI is InChI=1S/C19H25N3O2S/c1-14(2)18-20-21-19(24-18)16-8-10-22(11-9-16)17(23)13-25-12-15-6-4-3-5-7-15/h3-7,14,16H,8-13H2,1-2H3. The number of rotatable bonds is 6. The first-order chi connectivity index (χ1) is 12.1. The van der Waals surface area contributed by atoms with Crippen molar-refractivity contribution in [3.63, 3.8) is 0 Å². The van der Waals surface area contributed by atoms with Gasteiger partial charge in [-0.25, -0.2) is 0 Å². The number of piperidine rings is 1. The molecule has 1 saturated heterocycles. The lowest BCUT2D eigenvalue weighted by atomic mass is 9.97. The van der Waals surface area contributed by atoms with Crippen LogP contribution in [0, 0.1) is 0 Å². The average Bonchev–Trinajstić information content (AvgIpc) is 3.13. The van der Waals surface area contributed by atoms with Crippen LogP contribution in [0.5, 0.6) is 0 Å². The van der Waals surface area contributed by atoms with Gasteiger partial charge in [-0.2, -0.15) is 0 Å². The summed E-state index contributed by atoms with van der Waals surface area (Å²) in [4.78, 5) is 14.3. The van der Waals surface area contributed by atoms with Gasteiger partial charge in [-0.05, 0) is 18.4 Å². The Morgan fingerprint density at radius 1 is 1.24 bits per heavy atom. The summed E-state index contributed by atoms with van der Waals surface area (Å²) in [6.07, 6.45) is 1.80. The molecule has 0 unspecified atom stereocenters. The number of hydrogen-bond acceptors (Lipinski definition) is 5. The summed E-state index contributed by atoms with van der Waals surface area (Å²) in [7, 11) is 0. The maximum absolute atomic E-state index is 12.4. The van der Waals surface area contributed by atoms with Crippen molar-refractivity contribution in [3.8, 4) is 0 Å². The Morgan fingerprint density at radius 3 is 2.60 bits per heavy atom. The van der Waals surface area contributed by atoms with Crippen LogP contribution in [0.25, 0.3) is 0 Å². The molecule has 1 aliphatic rings. The quantitative estimate of drug-likeness (QED) is 0.784. The molecular formula is C19H25N3O2S. The number of hydrogen-bond donors (Lipinski definition) is 0. The molecule has 5 nitrogen and oxygen atoms in total. The highest BCUT2D eigenvalue weighted by molar-refractivity contribution is 7.99. The number of thioether (sulfide) groups is 1. The molecule has 134 valence electrons. The normalized spacial score (nSPS) is 15.7. The molecule has 2 heterocycles. The van der Waals surface area contributed by atoms with Gasteiger partial charge in [0.15, 0.2) is 0 Å². The number of likely N-dealkylation sites (tertiary alicyclic amines) is 1. The molecular weight excluding hydrogens is 334 g/mol. The molecule has 0 radical (unpaired) electrons. The maximum Gasteiger partial charge on any atom is 0.232 e. The van der Waals surface area contributed by atoms with Gasteiger partial charge in [0.2, 0.25) is 17.7 Å². The van der Waals surface area contributed by atoms with Crippen LogP contribution in [0.3, 0.4) is 0 Å². The summed E-state index contributed by atoms with van der Waals surface area (Å²) in [5.74, 6) is 3.61. The zero-order valence-corrected chi connectivity index (χ0v) is 15.7. The smallest absolute Gasteiger partial charge is 0.232 e. The molecule has 1 aromatic carbocycles. The van der Waals surface area contributed by atoms with Crippen LogP contribution in [0.2, 0.25) is 0 Å². The topological polar surface area (TPSA) is 59.2 Å². The molecule has 1 fully saturated rings. The molecule has 1 aromatic heterocycles. The summed E-state index contributed by atoms with van der Waals surface area (Å²) in [6, 6.07) is 10.3. The minimum Gasteiger partial charge on any atom is -0.425 e. The van der Waals surface area contributed by atoms with Gasteiger partial charge < -0.3 is 9.32 Å². The Morgan fingerprint density at radius 2 is 1.96 bits per heavy atom. The van der Waals surface area contributed by atoms with Crippen molar-refractivity contribution >= 4 is 17.7 Å². The molecule has 0 atom stereocenters. The van der Waals surface area contributed by atoms with Gasteiger partial charge in [-0.3, -0.25) is 4.79 Å². The first-order valence-electron chi connectivity index (χ1n) is 8.86. The third-order valence-electron chi connectivity index (χ3n) is 4.48. The fourth-order valence-corrected chi connectivity index (χ4v) is 3.83. The Labute approximate surface area is 153 Å². The first kappa shape index (κ1) is 18.0. The lowest BCUT2D eigenvalue weighted by Gasteiger charge is -2.30. The van der Waals surface area contributed by atoms with Gasteiger partial charge in [-0.15, -0.1) is 22.0 Å². The number of carbonyl (C=O) groups is 1. The van der Waals surface area contributed by atoms with Gasteiger partial charge >= 0.3 is 0 Å². The van der Waals surface area contributed by atoms with Crippen molar-refractivity contribution in [2.45, 2.75) is 44.3 Å². The molecule has 3 rings (SSSR count). The highest BCUT2D eigenvalue weighted by atomic mass is 32.2. The average molecular weight is 359 g/mol. The molecule has 1 aliphatic heterocycles. The van der Waals surface area contributed by atoms with Crippen LogP contribution in [-0.2, 0) is 10.5 Å². The summed E-state index contributed by atoms with van der Waals surface area (Å²) < 4.78 is 5.76. The SMILES string of the molecule is CC(C)c1nnc(C2CCN(C(=O)CSCc3ccccc3)CC2)o1. The van der Waals surface area contributed by atoms with E-state index < -0.39 is 0 Å². The van der Waals surface area contributed by atoms with E-state index in [0.29, 0.717) is 11.6 Å². The number of amides is 1. The predicted octanol–water partition coefficient (Wildman–Crippen LogP) is 3.83. The van der Waals surface area contributed by atoms with E-state index in [0.717, 1.165) is 37.6 Å². The van der Waals surface area contributed by atoms with Crippen molar-refractivity contribution < 1.29 is 9.21 Å². The van der Waals surface area contributed by atoms with Gasteiger partial charge in [0.25, 0.3) is 0 Å². The van der Waals surface area contributed by atoms with E-state index in [4.69, 9.17) is 4.42 Å². The summed E-state index contributed by atoms with van der Waals surface area (Å²) in [5.41, 5.74) is 1.26. The fourth-order valence-electron chi connectivity index (χ4n) is 2.94. The molecule has 0 N–H and O–H groups in total. The predicted molar refractivity (Wildman–Crippen MR) is 99.5 cm³/mol. The van der Waals surface area contributed by atoms with Crippen LogP contribution in [0.4, 0.5) is 0 Å². The Balaban J connectivity index is 1.42. The summed E-state index contributed by atoms with van der Waals surface area (Å²) in [5, 5.41) is 8.30. The second-order valence-electron chi connectivity index (χ2n) is 6.77. The third kappa shape index (κ3) is 4.84. The van der Waals surface area contributed by atoms with Crippen LogP contribution < -0.4 is 0 Å². The molecule has 0 bridgehead atoms. The zero-order valence-electron chi connectivity index (χ0n) is 14.9. The van der Waals surface area contributed by atoms with E-state index in [1.54, 1.807) is 11.8 Å². The minimum atomic E-state index is 0.229. The van der Waals surface area contributed by atoms with Crippen molar-refractivity contribution in [2.24, 2.45) is 0 Å². The lowest BCUT2D eigenvalue weighted by Crippen LogP contribution is -2.39.